The lowest BCUT2D eigenvalue weighted by molar-refractivity contribution is 0.101. The zero-order valence-electron chi connectivity index (χ0n) is 9.51. The predicted octanol–water partition coefficient (Wildman–Crippen LogP) is 2.88. The van der Waals surface area contributed by atoms with E-state index >= 15 is 0 Å². The molecule has 0 aliphatic rings. The van der Waals surface area contributed by atoms with Crippen molar-refractivity contribution < 1.29 is 4.79 Å². The van der Waals surface area contributed by atoms with Crippen molar-refractivity contribution in [1.82, 2.24) is 4.57 Å². The van der Waals surface area contributed by atoms with Crippen molar-refractivity contribution in [3.05, 3.63) is 28.6 Å². The predicted molar refractivity (Wildman–Crippen MR) is 59.6 cm³/mol. The van der Waals surface area contributed by atoms with E-state index in [0.29, 0.717) is 0 Å². The summed E-state index contributed by atoms with van der Waals surface area (Å²) in [6, 6.07) is 0. The van der Waals surface area contributed by atoms with E-state index < -0.39 is 0 Å². The molecule has 0 saturated heterocycles. The van der Waals surface area contributed by atoms with Crippen molar-refractivity contribution in [2.75, 3.05) is 0 Å². The van der Waals surface area contributed by atoms with Gasteiger partial charge in [-0.25, -0.2) is 0 Å². The molecule has 0 bridgehead atoms. The molecule has 2 heteroatoms. The zero-order valence-corrected chi connectivity index (χ0v) is 9.51. The minimum absolute atomic E-state index is 0.145. The summed E-state index contributed by atoms with van der Waals surface area (Å²) in [7, 11) is 1.99. The number of hydrogen-bond donors (Lipinski definition) is 0. The highest BCUT2D eigenvalue weighted by molar-refractivity contribution is 5.97. The molecule has 0 aromatic carbocycles. The Morgan fingerprint density at radius 2 is 1.93 bits per heavy atom. The van der Waals surface area contributed by atoms with Crippen molar-refractivity contribution in [3.63, 3.8) is 0 Å². The maximum Gasteiger partial charge on any atom is 0.161 e. The molecule has 0 N–H and O–H groups in total. The number of nitrogens with zero attached hydrogens (tertiary/aromatic N) is 1. The maximum atomic E-state index is 11.4. The van der Waals surface area contributed by atoms with Crippen molar-refractivity contribution in [2.45, 2.75) is 27.7 Å². The Balaban J connectivity index is 3.48. The number of carbonyl (C=O) groups is 1. The Hall–Kier alpha value is -1.31. The van der Waals surface area contributed by atoms with Gasteiger partial charge >= 0.3 is 0 Å². The van der Waals surface area contributed by atoms with E-state index in [4.69, 9.17) is 0 Å². The van der Waals surface area contributed by atoms with Crippen LogP contribution in [0.5, 0.6) is 0 Å². The summed E-state index contributed by atoms with van der Waals surface area (Å²) in [6.07, 6.45) is 4.03. The summed E-state index contributed by atoms with van der Waals surface area (Å²) in [6.45, 7) is 7.58. The molecule has 1 heterocycles. The van der Waals surface area contributed by atoms with E-state index in [2.05, 4.69) is 4.57 Å². The molecular formula is C12H17NO. The highest BCUT2D eigenvalue weighted by Crippen LogP contribution is 2.22. The molecule has 1 rings (SSSR count). The van der Waals surface area contributed by atoms with Crippen LogP contribution in [0.15, 0.2) is 6.08 Å². The molecule has 0 spiro atoms. The molecule has 2 nitrogen and oxygen atoms in total. The van der Waals surface area contributed by atoms with E-state index in [-0.39, 0.29) is 5.78 Å². The third-order valence-electron chi connectivity index (χ3n) is 2.66. The van der Waals surface area contributed by atoms with Gasteiger partial charge in [-0.15, -0.1) is 0 Å². The Bertz CT molecular complexity index is 397. The van der Waals surface area contributed by atoms with Crippen molar-refractivity contribution >= 4 is 11.9 Å². The Morgan fingerprint density at radius 1 is 1.36 bits per heavy atom. The van der Waals surface area contributed by atoms with Crippen LogP contribution in [0, 0.1) is 13.8 Å². The first-order chi connectivity index (χ1) is 6.50. The molecular weight excluding hydrogens is 174 g/mol. The molecule has 1 aromatic heterocycles. The highest BCUT2D eigenvalue weighted by atomic mass is 16.1. The molecule has 0 unspecified atom stereocenters. The standard InChI is InChI=1S/C12H17NO/c1-6-7-11-8(2)12(10(4)14)9(3)13(11)5/h6-7H,1-5H3/b7-6+. The molecule has 0 aliphatic carbocycles. The third kappa shape index (κ3) is 1.52. The van der Waals surface area contributed by atoms with Gasteiger partial charge in [0.05, 0.1) is 0 Å². The largest absolute Gasteiger partial charge is 0.347 e. The number of carbonyl (C=O) groups excluding carboxylic acids is 1. The minimum Gasteiger partial charge on any atom is -0.347 e. The Kier molecular flexibility index (Phi) is 2.94. The average Bonchev–Trinajstić information content (AvgIpc) is 2.30. The van der Waals surface area contributed by atoms with Crippen LogP contribution >= 0.6 is 0 Å². The first-order valence-electron chi connectivity index (χ1n) is 4.80. The Labute approximate surface area is 85.2 Å². The fourth-order valence-electron chi connectivity index (χ4n) is 1.91. The second-order valence-corrected chi connectivity index (χ2v) is 3.59. The first kappa shape index (κ1) is 10.8. The summed E-state index contributed by atoms with van der Waals surface area (Å²) >= 11 is 0. The summed E-state index contributed by atoms with van der Waals surface area (Å²) in [4.78, 5) is 11.4. The molecule has 1 aromatic rings. The summed E-state index contributed by atoms with van der Waals surface area (Å²) in [5, 5.41) is 0. The zero-order chi connectivity index (χ0) is 10.9. The quantitative estimate of drug-likeness (QED) is 0.659. The number of Topliss-reactive ketones (excluding diaryl/α,β-unsaturated/α-hetero) is 1. The van der Waals surface area contributed by atoms with Crippen molar-refractivity contribution in [1.29, 1.82) is 0 Å². The molecule has 14 heavy (non-hydrogen) atoms. The average molecular weight is 191 g/mol. The van der Waals surface area contributed by atoms with Crippen LogP contribution in [0.1, 0.15) is 41.2 Å². The number of hydrogen-bond acceptors (Lipinski definition) is 1. The van der Waals surface area contributed by atoms with Gasteiger partial charge in [-0.05, 0) is 39.3 Å². The lowest BCUT2D eigenvalue weighted by Crippen LogP contribution is -1.97. The molecule has 0 fully saturated rings. The molecule has 0 saturated carbocycles. The lowest BCUT2D eigenvalue weighted by Gasteiger charge is -1.99. The topological polar surface area (TPSA) is 22.0 Å². The van der Waals surface area contributed by atoms with Gasteiger partial charge < -0.3 is 4.57 Å². The fourth-order valence-corrected chi connectivity index (χ4v) is 1.91. The second-order valence-electron chi connectivity index (χ2n) is 3.59. The van der Waals surface area contributed by atoms with E-state index in [1.807, 2.05) is 40.0 Å². The van der Waals surface area contributed by atoms with Gasteiger partial charge in [0.15, 0.2) is 5.78 Å². The van der Waals surface area contributed by atoms with Gasteiger partial charge in [0, 0.05) is 24.0 Å². The maximum absolute atomic E-state index is 11.4. The van der Waals surface area contributed by atoms with Crippen LogP contribution in [0.25, 0.3) is 6.08 Å². The smallest absolute Gasteiger partial charge is 0.161 e. The van der Waals surface area contributed by atoms with E-state index in [9.17, 15) is 4.79 Å². The molecule has 0 radical (unpaired) electrons. The second kappa shape index (κ2) is 3.82. The van der Waals surface area contributed by atoms with Crippen LogP contribution in [0.4, 0.5) is 0 Å². The van der Waals surface area contributed by atoms with Gasteiger partial charge in [0.1, 0.15) is 0 Å². The van der Waals surface area contributed by atoms with Gasteiger partial charge in [-0.1, -0.05) is 6.08 Å². The third-order valence-corrected chi connectivity index (χ3v) is 2.66. The summed E-state index contributed by atoms with van der Waals surface area (Å²) in [5.41, 5.74) is 4.11. The molecule has 0 amide bonds. The van der Waals surface area contributed by atoms with E-state index in [1.54, 1.807) is 6.92 Å². The van der Waals surface area contributed by atoms with Crippen LogP contribution in [0.2, 0.25) is 0 Å². The summed E-state index contributed by atoms with van der Waals surface area (Å²) < 4.78 is 2.06. The van der Waals surface area contributed by atoms with Crippen LogP contribution < -0.4 is 0 Å². The highest BCUT2D eigenvalue weighted by Gasteiger charge is 2.15. The van der Waals surface area contributed by atoms with E-state index in [1.165, 1.54) is 0 Å². The number of aromatic nitrogens is 1. The number of rotatable bonds is 2. The normalized spacial score (nSPS) is 11.2. The van der Waals surface area contributed by atoms with Crippen LogP contribution in [-0.4, -0.2) is 10.4 Å². The SMILES string of the molecule is C/C=C/c1c(C)c(C(C)=O)c(C)n1C. The summed E-state index contributed by atoms with van der Waals surface area (Å²) in [5.74, 6) is 0.145. The number of ketones is 1. The van der Waals surface area contributed by atoms with E-state index in [0.717, 1.165) is 22.5 Å². The van der Waals surface area contributed by atoms with Gasteiger partial charge in [-0.2, -0.15) is 0 Å². The lowest BCUT2D eigenvalue weighted by atomic mass is 10.1. The van der Waals surface area contributed by atoms with Gasteiger partial charge in [0.25, 0.3) is 0 Å². The van der Waals surface area contributed by atoms with Crippen LogP contribution in [0.3, 0.4) is 0 Å². The first-order valence-corrected chi connectivity index (χ1v) is 4.80. The van der Waals surface area contributed by atoms with Crippen LogP contribution in [-0.2, 0) is 7.05 Å². The van der Waals surface area contributed by atoms with Gasteiger partial charge in [0.2, 0.25) is 0 Å². The minimum atomic E-state index is 0.145. The fraction of sp³-hybridized carbons (Fsp3) is 0.417. The molecule has 0 atom stereocenters. The number of allylic oxidation sites excluding steroid dienone is 1. The molecule has 0 aliphatic heterocycles. The van der Waals surface area contributed by atoms with Gasteiger partial charge in [-0.3, -0.25) is 4.79 Å². The van der Waals surface area contributed by atoms with Crippen molar-refractivity contribution in [3.8, 4) is 0 Å². The molecule has 76 valence electrons. The van der Waals surface area contributed by atoms with Crippen molar-refractivity contribution in [2.24, 2.45) is 7.05 Å². The Morgan fingerprint density at radius 3 is 2.29 bits per heavy atom. The monoisotopic (exact) mass is 191 g/mol.